The molecule has 0 N–H and O–H groups in total. The van der Waals surface area contributed by atoms with E-state index < -0.39 is 33.3 Å². The molecule has 0 bridgehead atoms. The van der Waals surface area contributed by atoms with Gasteiger partial charge in [-0.25, -0.2) is 17.6 Å². The van der Waals surface area contributed by atoms with E-state index in [1.807, 2.05) is 0 Å². The molecule has 1 aromatic carbocycles. The number of rotatable bonds is 0. The van der Waals surface area contributed by atoms with Gasteiger partial charge in [-0.05, 0) is 0 Å². The van der Waals surface area contributed by atoms with Crippen molar-refractivity contribution in [3.05, 3.63) is 33.3 Å². The Morgan fingerprint density at radius 3 is 0.917 bits per heavy atom. The number of halogens is 6. The van der Waals surface area contributed by atoms with Gasteiger partial charge in [0.05, 0.1) is 0 Å². The molecule has 1 rings (SSSR count). The maximum Gasteiger partial charge on any atom is 0.182 e. The van der Waals surface area contributed by atoms with Crippen LogP contribution in [-0.4, -0.2) is 0 Å². The summed E-state index contributed by atoms with van der Waals surface area (Å²) in [5, 5.41) is -2.48. The zero-order valence-electron chi connectivity index (χ0n) is 5.27. The highest BCUT2D eigenvalue weighted by atomic mass is 35.5. The van der Waals surface area contributed by atoms with Crippen LogP contribution in [0.15, 0.2) is 0 Å². The molecule has 0 unspecified atom stereocenters. The summed E-state index contributed by atoms with van der Waals surface area (Å²) in [6.45, 7) is 0. The van der Waals surface area contributed by atoms with E-state index >= 15 is 0 Å². The molecule has 6 heteroatoms. The molecule has 0 spiro atoms. The van der Waals surface area contributed by atoms with Gasteiger partial charge >= 0.3 is 0 Å². The van der Waals surface area contributed by atoms with Crippen LogP contribution in [0.5, 0.6) is 0 Å². The third-order valence-electron chi connectivity index (χ3n) is 1.16. The number of hydrogen-bond acceptors (Lipinski definition) is 0. The van der Waals surface area contributed by atoms with Gasteiger partial charge in [0.2, 0.25) is 0 Å². The summed E-state index contributed by atoms with van der Waals surface area (Å²) in [5.41, 5.74) is 0. The van der Waals surface area contributed by atoms with Gasteiger partial charge in [-0.2, -0.15) is 0 Å². The molecule has 0 fully saturated rings. The molecule has 0 aromatic heterocycles. The molecular weight excluding hydrogens is 219 g/mol. The Hall–Kier alpha value is -0.480. The molecule has 0 saturated heterocycles. The second kappa shape index (κ2) is 3.11. The summed E-state index contributed by atoms with van der Waals surface area (Å²) < 4.78 is 49.7. The normalized spacial score (nSPS) is 10.5. The third kappa shape index (κ3) is 1.25. The van der Waals surface area contributed by atoms with Gasteiger partial charge in [0.25, 0.3) is 0 Å². The predicted octanol–water partition coefficient (Wildman–Crippen LogP) is 3.55. The molecule has 12 heavy (non-hydrogen) atoms. The lowest BCUT2D eigenvalue weighted by atomic mass is 10.3. The lowest BCUT2D eigenvalue weighted by molar-refractivity contribution is 0.455. The van der Waals surface area contributed by atoms with Crippen LogP contribution in [0.3, 0.4) is 0 Å². The van der Waals surface area contributed by atoms with E-state index in [0.29, 0.717) is 0 Å². The maximum atomic E-state index is 12.4. The first-order chi connectivity index (χ1) is 5.46. The van der Waals surface area contributed by atoms with Crippen LogP contribution in [0.25, 0.3) is 0 Å². The second-order valence-corrected chi connectivity index (χ2v) is 2.64. The van der Waals surface area contributed by atoms with Gasteiger partial charge in [0.1, 0.15) is 10.0 Å². The smallest absolute Gasteiger partial charge is 0.182 e. The van der Waals surface area contributed by atoms with Crippen LogP contribution in [0.1, 0.15) is 0 Å². The maximum absolute atomic E-state index is 12.4. The predicted molar refractivity (Wildman–Crippen MR) is 36.3 cm³/mol. The number of hydrogen-bond donors (Lipinski definition) is 0. The Kier molecular flexibility index (Phi) is 2.49. The lowest BCUT2D eigenvalue weighted by Crippen LogP contribution is -1.96. The van der Waals surface area contributed by atoms with Crippen LogP contribution in [0.4, 0.5) is 17.6 Å². The van der Waals surface area contributed by atoms with Crippen molar-refractivity contribution in [2.45, 2.75) is 0 Å². The fraction of sp³-hybridized carbons (Fsp3) is 0. The summed E-state index contributed by atoms with van der Waals surface area (Å²) in [7, 11) is 0. The van der Waals surface area contributed by atoms with E-state index in [2.05, 4.69) is 0 Å². The second-order valence-electron chi connectivity index (χ2n) is 1.88. The molecule has 0 heterocycles. The summed E-state index contributed by atoms with van der Waals surface area (Å²) in [6.07, 6.45) is 0. The summed E-state index contributed by atoms with van der Waals surface area (Å²) in [5.74, 6) is -6.78. The zero-order valence-corrected chi connectivity index (χ0v) is 6.78. The first-order valence-corrected chi connectivity index (χ1v) is 3.39. The van der Waals surface area contributed by atoms with Crippen molar-refractivity contribution in [2.75, 3.05) is 0 Å². The molecule has 0 aliphatic carbocycles. The minimum Gasteiger partial charge on any atom is -0.202 e. The highest BCUT2D eigenvalue weighted by Crippen LogP contribution is 2.30. The molecule has 0 nitrogen and oxygen atoms in total. The molecular formula is C6Cl2F4. The van der Waals surface area contributed by atoms with Gasteiger partial charge in [0, 0.05) is 0 Å². The fourth-order valence-corrected chi connectivity index (χ4v) is 0.910. The molecule has 0 aliphatic heterocycles. The molecule has 0 radical (unpaired) electrons. The van der Waals surface area contributed by atoms with E-state index in [1.165, 1.54) is 0 Å². The van der Waals surface area contributed by atoms with E-state index in [1.54, 1.807) is 0 Å². The third-order valence-corrected chi connectivity index (χ3v) is 1.82. The Morgan fingerprint density at radius 2 is 0.750 bits per heavy atom. The minimum absolute atomic E-state index is 1.24. The monoisotopic (exact) mass is 218 g/mol. The van der Waals surface area contributed by atoms with Gasteiger partial charge < -0.3 is 0 Å². The highest BCUT2D eigenvalue weighted by Gasteiger charge is 2.22. The van der Waals surface area contributed by atoms with Crippen LogP contribution in [-0.2, 0) is 0 Å². The van der Waals surface area contributed by atoms with Crippen molar-refractivity contribution in [1.29, 1.82) is 0 Å². The summed E-state index contributed by atoms with van der Waals surface area (Å²) in [4.78, 5) is 0. The lowest BCUT2D eigenvalue weighted by Gasteiger charge is -2.01. The van der Waals surface area contributed by atoms with Crippen molar-refractivity contribution in [1.82, 2.24) is 0 Å². The van der Waals surface area contributed by atoms with Crippen molar-refractivity contribution in [3.8, 4) is 0 Å². The highest BCUT2D eigenvalue weighted by molar-refractivity contribution is 6.33. The average Bonchev–Trinajstić information content (AvgIpc) is 2.08. The van der Waals surface area contributed by atoms with Crippen LogP contribution in [0, 0.1) is 23.3 Å². The minimum atomic E-state index is -1.69. The van der Waals surface area contributed by atoms with E-state index in [4.69, 9.17) is 23.2 Å². The number of benzene rings is 1. The Balaban J connectivity index is 3.60. The van der Waals surface area contributed by atoms with Crippen molar-refractivity contribution in [2.24, 2.45) is 0 Å². The largest absolute Gasteiger partial charge is 0.202 e. The Labute approximate surface area is 74.7 Å². The average molecular weight is 219 g/mol. The topological polar surface area (TPSA) is 0 Å². The first kappa shape index (κ1) is 9.61. The van der Waals surface area contributed by atoms with E-state index in [0.717, 1.165) is 0 Å². The molecule has 0 amide bonds. The van der Waals surface area contributed by atoms with Crippen molar-refractivity contribution >= 4 is 23.2 Å². The Morgan fingerprint density at radius 1 is 0.583 bits per heavy atom. The standard InChI is InChI=1S/C6Cl2F4/c7-1-3(9)5(11)2(8)6(12)4(1)10. The van der Waals surface area contributed by atoms with Gasteiger partial charge in [-0.3, -0.25) is 0 Å². The molecule has 0 saturated carbocycles. The molecule has 0 atom stereocenters. The van der Waals surface area contributed by atoms with Crippen molar-refractivity contribution < 1.29 is 17.6 Å². The summed E-state index contributed by atoms with van der Waals surface area (Å²) >= 11 is 9.74. The Bertz CT molecular complexity index is 232. The molecule has 0 aliphatic rings. The van der Waals surface area contributed by atoms with Gasteiger partial charge in [-0.15, -0.1) is 0 Å². The molecule has 66 valence electrons. The van der Waals surface area contributed by atoms with Crippen LogP contribution >= 0.6 is 23.2 Å². The molecule has 1 aromatic rings. The fourth-order valence-electron chi connectivity index (χ4n) is 0.578. The zero-order chi connectivity index (χ0) is 9.46. The van der Waals surface area contributed by atoms with Crippen LogP contribution in [0.2, 0.25) is 10.0 Å². The van der Waals surface area contributed by atoms with E-state index in [-0.39, 0.29) is 0 Å². The van der Waals surface area contributed by atoms with E-state index in [9.17, 15) is 17.6 Å². The van der Waals surface area contributed by atoms with Crippen molar-refractivity contribution in [3.63, 3.8) is 0 Å². The van der Waals surface area contributed by atoms with Gasteiger partial charge in [-0.1, -0.05) is 23.2 Å². The van der Waals surface area contributed by atoms with Gasteiger partial charge in [0.15, 0.2) is 23.3 Å². The quantitative estimate of drug-likeness (QED) is 0.355. The SMILES string of the molecule is Fc1c(F)c(Cl)c(F)c(F)c1Cl. The van der Waals surface area contributed by atoms with Crippen LogP contribution < -0.4 is 0 Å². The first-order valence-electron chi connectivity index (χ1n) is 2.63. The summed E-state index contributed by atoms with van der Waals surface area (Å²) in [6, 6.07) is 0.